The third kappa shape index (κ3) is 3.51. The molecule has 2 N–H and O–H groups in total. The van der Waals surface area contributed by atoms with Crippen molar-refractivity contribution in [1.82, 2.24) is 14.8 Å². The van der Waals surface area contributed by atoms with E-state index in [1.165, 1.54) is 22.6 Å². The first-order chi connectivity index (χ1) is 13.5. The van der Waals surface area contributed by atoms with Crippen LogP contribution in [0, 0.1) is 0 Å². The second kappa shape index (κ2) is 7.54. The van der Waals surface area contributed by atoms with E-state index >= 15 is 0 Å². The predicted molar refractivity (Wildman–Crippen MR) is 99.8 cm³/mol. The van der Waals surface area contributed by atoms with E-state index in [0.717, 1.165) is 11.3 Å². The molecule has 0 bridgehead atoms. The van der Waals surface area contributed by atoms with Crippen molar-refractivity contribution < 1.29 is 27.9 Å². The number of nitrogens with one attached hydrogen (secondary N) is 1. The number of hydrogen-bond donors (Lipinski definition) is 2. The van der Waals surface area contributed by atoms with Crippen molar-refractivity contribution in [2.75, 3.05) is 44.3 Å². The molecule has 0 atom stereocenters. The predicted octanol–water partition coefficient (Wildman–Crippen LogP) is 0.544. The average molecular weight is 426 g/mol. The first-order valence-corrected chi connectivity index (χ1v) is 10.8. The van der Waals surface area contributed by atoms with E-state index in [1.54, 1.807) is 11.5 Å². The van der Waals surface area contributed by atoms with Gasteiger partial charge in [-0.25, -0.2) is 18.9 Å². The van der Waals surface area contributed by atoms with Crippen molar-refractivity contribution in [2.24, 2.45) is 0 Å². The number of hydrogen-bond acceptors (Lipinski definition) is 9. The van der Waals surface area contributed by atoms with Gasteiger partial charge in [-0.3, -0.25) is 10.0 Å². The Morgan fingerprint density at radius 2 is 1.86 bits per heavy atom. The van der Waals surface area contributed by atoms with Gasteiger partial charge < -0.3 is 14.4 Å². The summed E-state index contributed by atoms with van der Waals surface area (Å²) >= 11 is 1.14. The van der Waals surface area contributed by atoms with Crippen molar-refractivity contribution >= 4 is 32.4 Å². The van der Waals surface area contributed by atoms with Crippen LogP contribution in [0.1, 0.15) is 9.67 Å². The molecule has 1 fully saturated rings. The van der Waals surface area contributed by atoms with Gasteiger partial charge >= 0.3 is 0 Å². The highest BCUT2D eigenvalue weighted by Gasteiger charge is 2.30. The van der Waals surface area contributed by atoms with E-state index in [2.05, 4.69) is 4.98 Å². The van der Waals surface area contributed by atoms with Gasteiger partial charge in [-0.2, -0.15) is 4.31 Å². The molecule has 1 saturated heterocycles. The van der Waals surface area contributed by atoms with Crippen LogP contribution in [-0.4, -0.2) is 68.2 Å². The fraction of sp³-hybridized carbons (Fsp3) is 0.375. The molecule has 1 aromatic carbocycles. The molecule has 0 unspecified atom stereocenters. The summed E-state index contributed by atoms with van der Waals surface area (Å²) < 4.78 is 38.3. The highest BCUT2D eigenvalue weighted by molar-refractivity contribution is 7.89. The molecule has 0 spiro atoms. The SMILES string of the molecule is O=C(NO)c1cnc(N2CCN(S(=O)(=O)c3ccc4c(c3)OCCO4)CC2)s1. The van der Waals surface area contributed by atoms with Gasteiger partial charge in [0.05, 0.1) is 11.1 Å². The van der Waals surface area contributed by atoms with Gasteiger partial charge in [0.15, 0.2) is 16.6 Å². The highest BCUT2D eigenvalue weighted by atomic mass is 32.2. The Kier molecular flexibility index (Phi) is 5.10. The Hall–Kier alpha value is -2.41. The number of fused-ring (bicyclic) bond motifs is 1. The fourth-order valence-electron chi connectivity index (χ4n) is 3.02. The highest BCUT2D eigenvalue weighted by Crippen LogP contribution is 2.33. The van der Waals surface area contributed by atoms with Gasteiger partial charge in [-0.1, -0.05) is 11.3 Å². The zero-order chi connectivity index (χ0) is 19.7. The standard InChI is InChI=1S/C16H18N4O6S2/c21-15(18-22)14-10-17-16(27-14)19-3-5-20(6-4-19)28(23,24)11-1-2-12-13(9-11)26-8-7-25-12/h1-2,9-10,22H,3-8H2,(H,18,21). The summed E-state index contributed by atoms with van der Waals surface area (Å²) in [5.41, 5.74) is 1.57. The second-order valence-electron chi connectivity index (χ2n) is 6.14. The van der Waals surface area contributed by atoms with Gasteiger partial charge in [-0.05, 0) is 12.1 Å². The Morgan fingerprint density at radius 3 is 2.57 bits per heavy atom. The Bertz CT molecular complexity index is 985. The largest absolute Gasteiger partial charge is 0.486 e. The molecular weight excluding hydrogens is 408 g/mol. The van der Waals surface area contributed by atoms with E-state index < -0.39 is 15.9 Å². The lowest BCUT2D eigenvalue weighted by Crippen LogP contribution is -2.48. The van der Waals surface area contributed by atoms with Crippen LogP contribution in [0.5, 0.6) is 11.5 Å². The van der Waals surface area contributed by atoms with Crippen LogP contribution in [-0.2, 0) is 10.0 Å². The summed E-state index contributed by atoms with van der Waals surface area (Å²) in [6.07, 6.45) is 1.38. The summed E-state index contributed by atoms with van der Waals surface area (Å²) in [6, 6.07) is 4.63. The van der Waals surface area contributed by atoms with Crippen LogP contribution in [0.3, 0.4) is 0 Å². The maximum Gasteiger partial charge on any atom is 0.286 e. The van der Waals surface area contributed by atoms with Crippen molar-refractivity contribution in [1.29, 1.82) is 0 Å². The third-order valence-electron chi connectivity index (χ3n) is 4.48. The second-order valence-corrected chi connectivity index (χ2v) is 9.09. The fourth-order valence-corrected chi connectivity index (χ4v) is 5.32. The average Bonchev–Trinajstić information content (AvgIpc) is 3.23. The molecule has 1 amide bonds. The van der Waals surface area contributed by atoms with E-state index in [4.69, 9.17) is 14.7 Å². The van der Waals surface area contributed by atoms with Gasteiger partial charge in [-0.15, -0.1) is 0 Å². The zero-order valence-electron chi connectivity index (χ0n) is 14.7. The number of amides is 1. The number of benzene rings is 1. The summed E-state index contributed by atoms with van der Waals surface area (Å²) in [7, 11) is -3.66. The van der Waals surface area contributed by atoms with Gasteiger partial charge in [0.25, 0.3) is 5.91 Å². The number of carbonyl (C=O) groups is 1. The molecule has 2 aliphatic rings. The number of ether oxygens (including phenoxy) is 2. The minimum atomic E-state index is -3.66. The molecule has 3 heterocycles. The first-order valence-electron chi connectivity index (χ1n) is 8.54. The molecule has 12 heteroatoms. The molecule has 2 aliphatic heterocycles. The van der Waals surface area contributed by atoms with Crippen molar-refractivity contribution in [3.8, 4) is 11.5 Å². The quantitative estimate of drug-likeness (QED) is 0.537. The maximum atomic E-state index is 13.0. The van der Waals surface area contributed by atoms with Gasteiger partial charge in [0.2, 0.25) is 10.0 Å². The van der Waals surface area contributed by atoms with E-state index in [1.807, 2.05) is 4.90 Å². The maximum absolute atomic E-state index is 13.0. The summed E-state index contributed by atoms with van der Waals surface area (Å²) in [5, 5.41) is 9.30. The molecular formula is C16H18N4O6S2. The number of thiazole rings is 1. The Morgan fingerprint density at radius 1 is 1.14 bits per heavy atom. The molecule has 1 aromatic heterocycles. The van der Waals surface area contributed by atoms with Crippen molar-refractivity contribution in [2.45, 2.75) is 4.90 Å². The van der Waals surface area contributed by atoms with Crippen LogP contribution < -0.4 is 19.9 Å². The lowest BCUT2D eigenvalue weighted by molar-refractivity contribution is 0.0710. The number of aromatic nitrogens is 1. The zero-order valence-corrected chi connectivity index (χ0v) is 16.3. The summed E-state index contributed by atoms with van der Waals surface area (Å²) in [5.74, 6) is 0.355. The van der Waals surface area contributed by atoms with Gasteiger partial charge in [0.1, 0.15) is 18.1 Å². The number of hydroxylamine groups is 1. The molecule has 150 valence electrons. The molecule has 4 rings (SSSR count). The smallest absolute Gasteiger partial charge is 0.286 e. The Balaban J connectivity index is 1.45. The molecule has 2 aromatic rings. The lowest BCUT2D eigenvalue weighted by atomic mass is 10.3. The number of anilines is 1. The number of carbonyl (C=O) groups excluding carboxylic acids is 1. The summed E-state index contributed by atoms with van der Waals surface area (Å²) in [6.45, 7) is 2.30. The number of piperazine rings is 1. The van der Waals surface area contributed by atoms with Crippen LogP contribution >= 0.6 is 11.3 Å². The monoisotopic (exact) mass is 426 g/mol. The normalized spacial score (nSPS) is 17.4. The molecule has 10 nitrogen and oxygen atoms in total. The van der Waals surface area contributed by atoms with E-state index in [9.17, 15) is 13.2 Å². The number of nitrogens with zero attached hydrogens (tertiary/aromatic N) is 3. The Labute approximate surface area is 165 Å². The minimum Gasteiger partial charge on any atom is -0.486 e. The molecule has 28 heavy (non-hydrogen) atoms. The first kappa shape index (κ1) is 18.9. The number of sulfonamides is 1. The van der Waals surface area contributed by atoms with Crippen molar-refractivity contribution in [3.05, 3.63) is 29.3 Å². The summed E-state index contributed by atoms with van der Waals surface area (Å²) in [4.78, 5) is 18.0. The van der Waals surface area contributed by atoms with E-state index in [-0.39, 0.29) is 22.9 Å². The van der Waals surface area contributed by atoms with E-state index in [0.29, 0.717) is 42.9 Å². The van der Waals surface area contributed by atoms with Crippen LogP contribution in [0.2, 0.25) is 0 Å². The molecule has 0 radical (unpaired) electrons. The van der Waals surface area contributed by atoms with Crippen LogP contribution in [0.4, 0.5) is 5.13 Å². The molecule has 0 saturated carbocycles. The van der Waals surface area contributed by atoms with Crippen LogP contribution in [0.25, 0.3) is 0 Å². The lowest BCUT2D eigenvalue weighted by Gasteiger charge is -2.33. The van der Waals surface area contributed by atoms with Crippen LogP contribution in [0.15, 0.2) is 29.3 Å². The third-order valence-corrected chi connectivity index (χ3v) is 7.43. The van der Waals surface area contributed by atoms with Gasteiger partial charge in [0, 0.05) is 32.2 Å². The minimum absolute atomic E-state index is 0.168. The number of rotatable bonds is 4. The topological polar surface area (TPSA) is 121 Å². The van der Waals surface area contributed by atoms with Crippen molar-refractivity contribution in [3.63, 3.8) is 0 Å². The molecule has 0 aliphatic carbocycles.